The van der Waals surface area contributed by atoms with Crippen molar-refractivity contribution < 1.29 is 23.4 Å². The van der Waals surface area contributed by atoms with Crippen LogP contribution < -0.4 is 4.72 Å². The first kappa shape index (κ1) is 21.1. The number of nitrogens with zero attached hydrogens (tertiary/aromatic N) is 1. The van der Waals surface area contributed by atoms with Crippen LogP contribution in [-0.4, -0.2) is 37.1 Å². The van der Waals surface area contributed by atoms with Crippen LogP contribution >= 0.6 is 0 Å². The zero-order valence-corrected chi connectivity index (χ0v) is 16.9. The van der Waals surface area contributed by atoms with Gasteiger partial charge in [-0.3, -0.25) is 9.71 Å². The summed E-state index contributed by atoms with van der Waals surface area (Å²) in [6, 6.07) is 18.7. The van der Waals surface area contributed by atoms with E-state index in [9.17, 15) is 18.3 Å². The lowest BCUT2D eigenvalue weighted by atomic mass is 10.0. The number of carbonyl (C=O) groups is 1. The Morgan fingerprint density at radius 3 is 2.43 bits per heavy atom. The molecule has 0 bridgehead atoms. The van der Waals surface area contributed by atoms with Crippen molar-refractivity contribution in [2.24, 2.45) is 4.99 Å². The SMILES string of the molecule is CS(=O)(=O)Nc1ccc(N=Cc2ccc(C(=O)O)cc2O)cc1Cc1ccccc1. The maximum absolute atomic E-state index is 11.7. The zero-order chi connectivity index (χ0) is 21.7. The topological polar surface area (TPSA) is 116 Å². The fraction of sp³-hybridized carbons (Fsp3) is 0.0909. The lowest BCUT2D eigenvalue weighted by molar-refractivity contribution is 0.0696. The molecule has 0 unspecified atom stereocenters. The summed E-state index contributed by atoms with van der Waals surface area (Å²) in [5, 5.41) is 19.0. The second-order valence-corrected chi connectivity index (χ2v) is 8.46. The van der Waals surface area contributed by atoms with Crippen LogP contribution in [0, 0.1) is 0 Å². The smallest absolute Gasteiger partial charge is 0.335 e. The van der Waals surface area contributed by atoms with Crippen molar-refractivity contribution in [3.05, 3.63) is 89.0 Å². The predicted octanol–water partition coefficient (Wildman–Crippen LogP) is 3.80. The van der Waals surface area contributed by atoms with Gasteiger partial charge in [0, 0.05) is 11.8 Å². The number of hydrogen-bond acceptors (Lipinski definition) is 5. The number of sulfonamides is 1. The first-order chi connectivity index (χ1) is 14.2. The van der Waals surface area contributed by atoms with Gasteiger partial charge in [0.1, 0.15) is 5.75 Å². The number of carboxylic acids is 1. The van der Waals surface area contributed by atoms with Crippen LogP contribution in [0.2, 0.25) is 0 Å². The van der Waals surface area contributed by atoms with Gasteiger partial charge in [0.2, 0.25) is 10.0 Å². The van der Waals surface area contributed by atoms with Crippen molar-refractivity contribution in [1.29, 1.82) is 0 Å². The Bertz CT molecular complexity index is 1210. The van der Waals surface area contributed by atoms with Crippen molar-refractivity contribution in [3.63, 3.8) is 0 Å². The van der Waals surface area contributed by atoms with Gasteiger partial charge in [0.15, 0.2) is 0 Å². The average Bonchev–Trinajstić information content (AvgIpc) is 2.68. The van der Waals surface area contributed by atoms with E-state index in [0.29, 0.717) is 23.4 Å². The highest BCUT2D eigenvalue weighted by atomic mass is 32.2. The molecule has 0 aliphatic carbocycles. The van der Waals surface area contributed by atoms with E-state index in [1.54, 1.807) is 18.2 Å². The molecule has 3 aromatic carbocycles. The minimum Gasteiger partial charge on any atom is -0.507 e. The van der Waals surface area contributed by atoms with Crippen molar-refractivity contribution in [3.8, 4) is 5.75 Å². The molecule has 0 fully saturated rings. The van der Waals surface area contributed by atoms with Crippen LogP contribution in [0.4, 0.5) is 11.4 Å². The molecular weight excluding hydrogens is 404 g/mol. The summed E-state index contributed by atoms with van der Waals surface area (Å²) in [4.78, 5) is 15.3. The third kappa shape index (κ3) is 5.68. The summed E-state index contributed by atoms with van der Waals surface area (Å²) in [7, 11) is -3.45. The standard InChI is InChI=1S/C22H20N2O5S/c1-30(28,29)24-20-10-9-19(12-18(20)11-15-5-3-2-4-6-15)23-14-17-8-7-16(22(26)27)13-21(17)25/h2-10,12-14,24-25H,11H2,1H3,(H,26,27). The van der Waals surface area contributed by atoms with E-state index in [1.165, 1.54) is 18.3 Å². The van der Waals surface area contributed by atoms with Gasteiger partial charge in [-0.2, -0.15) is 0 Å². The van der Waals surface area contributed by atoms with E-state index < -0.39 is 16.0 Å². The fourth-order valence-electron chi connectivity index (χ4n) is 2.85. The number of carboxylic acid groups (broad SMARTS) is 1. The minimum atomic E-state index is -3.45. The molecule has 30 heavy (non-hydrogen) atoms. The lowest BCUT2D eigenvalue weighted by Gasteiger charge is -2.12. The Morgan fingerprint density at radius 1 is 1.07 bits per heavy atom. The Kier molecular flexibility index (Phi) is 6.17. The number of aliphatic imine (C=N–C) groups is 1. The van der Waals surface area contributed by atoms with Crippen molar-refractivity contribution >= 4 is 33.6 Å². The maximum atomic E-state index is 11.7. The number of hydrogen-bond donors (Lipinski definition) is 3. The first-order valence-electron chi connectivity index (χ1n) is 8.96. The molecule has 0 radical (unpaired) electrons. The first-order valence-corrected chi connectivity index (χ1v) is 10.9. The van der Waals surface area contributed by atoms with E-state index in [2.05, 4.69) is 9.71 Å². The van der Waals surface area contributed by atoms with Crippen LogP contribution in [0.1, 0.15) is 27.0 Å². The molecule has 0 aromatic heterocycles. The van der Waals surface area contributed by atoms with Crippen LogP contribution in [0.25, 0.3) is 0 Å². The van der Waals surface area contributed by atoms with Gasteiger partial charge < -0.3 is 10.2 Å². The number of benzene rings is 3. The molecule has 0 atom stereocenters. The zero-order valence-electron chi connectivity index (χ0n) is 16.1. The summed E-state index contributed by atoms with van der Waals surface area (Å²) >= 11 is 0. The molecule has 3 aromatic rings. The predicted molar refractivity (Wildman–Crippen MR) is 116 cm³/mol. The molecule has 0 amide bonds. The highest BCUT2D eigenvalue weighted by molar-refractivity contribution is 7.92. The molecule has 0 aliphatic rings. The number of nitrogens with one attached hydrogen (secondary N) is 1. The van der Waals surface area contributed by atoms with Crippen molar-refractivity contribution in [2.45, 2.75) is 6.42 Å². The quantitative estimate of drug-likeness (QED) is 0.499. The van der Waals surface area contributed by atoms with E-state index in [-0.39, 0.29) is 11.3 Å². The average molecular weight is 424 g/mol. The molecule has 154 valence electrons. The Morgan fingerprint density at radius 2 is 1.80 bits per heavy atom. The Labute approximate surface area is 174 Å². The van der Waals surface area contributed by atoms with Gasteiger partial charge in [0.05, 0.1) is 23.2 Å². The van der Waals surface area contributed by atoms with Crippen molar-refractivity contribution in [2.75, 3.05) is 11.0 Å². The van der Waals surface area contributed by atoms with Gasteiger partial charge in [-0.25, -0.2) is 13.2 Å². The highest BCUT2D eigenvalue weighted by Gasteiger charge is 2.10. The number of phenols is 1. The monoisotopic (exact) mass is 424 g/mol. The van der Waals surface area contributed by atoms with Crippen LogP contribution in [0.5, 0.6) is 5.75 Å². The molecule has 7 nitrogen and oxygen atoms in total. The second kappa shape index (κ2) is 8.79. The molecule has 0 saturated carbocycles. The van der Waals surface area contributed by atoms with Gasteiger partial charge in [-0.05, 0) is 53.9 Å². The third-order valence-electron chi connectivity index (χ3n) is 4.25. The number of aromatic hydroxyl groups is 1. The molecule has 3 N–H and O–H groups in total. The molecule has 0 aliphatic heterocycles. The van der Waals surface area contributed by atoms with Gasteiger partial charge in [-0.1, -0.05) is 30.3 Å². The van der Waals surface area contributed by atoms with Crippen LogP contribution in [0.15, 0.2) is 71.7 Å². The van der Waals surface area contributed by atoms with Gasteiger partial charge >= 0.3 is 5.97 Å². The minimum absolute atomic E-state index is 0.0222. The fourth-order valence-corrected chi connectivity index (χ4v) is 3.45. The number of rotatable bonds is 7. The lowest BCUT2D eigenvalue weighted by Crippen LogP contribution is -2.11. The van der Waals surface area contributed by atoms with Gasteiger partial charge in [-0.15, -0.1) is 0 Å². The normalized spacial score (nSPS) is 11.5. The summed E-state index contributed by atoms with van der Waals surface area (Å²) < 4.78 is 25.9. The van der Waals surface area contributed by atoms with E-state index in [0.717, 1.165) is 23.4 Å². The van der Waals surface area contributed by atoms with Gasteiger partial charge in [0.25, 0.3) is 0 Å². The number of aromatic carboxylic acids is 1. The van der Waals surface area contributed by atoms with Crippen molar-refractivity contribution in [1.82, 2.24) is 0 Å². The summed E-state index contributed by atoms with van der Waals surface area (Å²) in [6.45, 7) is 0. The number of phenolic OH excluding ortho intramolecular Hbond substituents is 1. The second-order valence-electron chi connectivity index (χ2n) is 6.71. The summed E-state index contributed by atoms with van der Waals surface area (Å²) in [6.07, 6.45) is 3.02. The van der Waals surface area contributed by atoms with Crippen LogP contribution in [0.3, 0.4) is 0 Å². The number of anilines is 1. The van der Waals surface area contributed by atoms with Crippen LogP contribution in [-0.2, 0) is 16.4 Å². The maximum Gasteiger partial charge on any atom is 0.335 e. The third-order valence-corrected chi connectivity index (χ3v) is 4.84. The summed E-state index contributed by atoms with van der Waals surface area (Å²) in [5.41, 5.74) is 3.12. The Balaban J connectivity index is 1.92. The van der Waals surface area contributed by atoms with E-state index >= 15 is 0 Å². The Hall–Kier alpha value is -3.65. The molecular formula is C22H20N2O5S. The molecule has 0 saturated heterocycles. The molecule has 8 heteroatoms. The molecule has 3 rings (SSSR count). The van der Waals surface area contributed by atoms with E-state index in [1.807, 2.05) is 30.3 Å². The van der Waals surface area contributed by atoms with E-state index in [4.69, 9.17) is 5.11 Å². The largest absolute Gasteiger partial charge is 0.507 e. The summed E-state index contributed by atoms with van der Waals surface area (Å²) in [5.74, 6) is -1.33. The molecule has 0 spiro atoms. The molecule has 0 heterocycles. The highest BCUT2D eigenvalue weighted by Crippen LogP contribution is 2.26.